The van der Waals surface area contributed by atoms with E-state index in [4.69, 9.17) is 10.2 Å². The molecule has 2 N–H and O–H groups in total. The minimum Gasteiger partial charge on any atom is -0.368 e. The summed E-state index contributed by atoms with van der Waals surface area (Å²) in [5.41, 5.74) is 0.614. The van der Waals surface area contributed by atoms with Gasteiger partial charge in [0.2, 0.25) is 0 Å². The number of Topliss-reactive ketones (excluding diaryl/α,β-unsaturated/α-hetero) is 1. The number of aliphatic hydroxyl groups excluding tert-OH is 1. The number of carbonyl (C=O) groups is 1. The maximum Gasteiger partial charge on any atom is 0.163 e. The van der Waals surface area contributed by atoms with Crippen molar-refractivity contribution in [1.82, 2.24) is 0 Å². The molecule has 0 atom stereocenters. The molecular weight excluding hydrogens is 168 g/mol. The van der Waals surface area contributed by atoms with Crippen molar-refractivity contribution in [2.24, 2.45) is 0 Å². The Labute approximate surface area is 76.6 Å². The van der Waals surface area contributed by atoms with E-state index in [-0.39, 0.29) is 18.6 Å². The maximum absolute atomic E-state index is 11.3. The molecule has 0 aliphatic carbocycles. The predicted octanol–water partition coefficient (Wildman–Crippen LogP) is 0.960. The fraction of sp³-hybridized carbons (Fsp3) is 0.300. The van der Waals surface area contributed by atoms with Crippen LogP contribution in [-0.2, 0) is 0 Å². The molecule has 0 aliphatic heterocycles. The molecule has 0 saturated heterocycles. The van der Waals surface area contributed by atoms with Crippen LogP contribution in [0.3, 0.4) is 0 Å². The normalized spacial score (nSPS) is 10.4. The molecule has 13 heavy (non-hydrogen) atoms. The smallest absolute Gasteiger partial charge is 0.163 e. The summed E-state index contributed by atoms with van der Waals surface area (Å²) in [6.07, 6.45) is -1.14. The van der Waals surface area contributed by atoms with E-state index in [0.29, 0.717) is 5.56 Å². The third-order valence-electron chi connectivity index (χ3n) is 1.73. The standard InChI is InChI=1S/C10H12O3/c11-9(6-7-10(12)13)8-4-2-1-3-5-8/h1-5,10,12-13H,6-7H2. The molecule has 1 aromatic carbocycles. The second kappa shape index (κ2) is 4.74. The first-order chi connectivity index (χ1) is 6.20. The molecule has 0 spiro atoms. The van der Waals surface area contributed by atoms with Gasteiger partial charge in [-0.25, -0.2) is 0 Å². The lowest BCUT2D eigenvalue weighted by Crippen LogP contribution is -2.08. The van der Waals surface area contributed by atoms with Gasteiger partial charge in [0.05, 0.1) is 0 Å². The van der Waals surface area contributed by atoms with Gasteiger partial charge in [-0.05, 0) is 0 Å². The number of carbonyl (C=O) groups excluding carboxylic acids is 1. The Morgan fingerprint density at radius 1 is 1.23 bits per heavy atom. The summed E-state index contributed by atoms with van der Waals surface area (Å²) in [6, 6.07) is 8.82. The highest BCUT2D eigenvalue weighted by Gasteiger charge is 2.06. The van der Waals surface area contributed by atoms with Crippen LogP contribution in [0.5, 0.6) is 0 Å². The summed E-state index contributed by atoms with van der Waals surface area (Å²) in [5, 5.41) is 17.1. The molecule has 0 unspecified atom stereocenters. The average molecular weight is 180 g/mol. The van der Waals surface area contributed by atoms with E-state index in [9.17, 15) is 4.79 Å². The van der Waals surface area contributed by atoms with E-state index in [2.05, 4.69) is 0 Å². The SMILES string of the molecule is O=C(CCC(O)O)c1ccccc1. The van der Waals surface area contributed by atoms with Gasteiger partial charge in [-0.2, -0.15) is 0 Å². The molecule has 3 nitrogen and oxygen atoms in total. The van der Waals surface area contributed by atoms with E-state index in [1.54, 1.807) is 24.3 Å². The summed E-state index contributed by atoms with van der Waals surface area (Å²) in [5.74, 6) is -0.0614. The minimum atomic E-state index is -1.40. The van der Waals surface area contributed by atoms with E-state index in [0.717, 1.165) is 0 Å². The van der Waals surface area contributed by atoms with E-state index in [1.165, 1.54) is 0 Å². The molecule has 0 amide bonds. The molecule has 0 fully saturated rings. The molecule has 0 saturated carbocycles. The Morgan fingerprint density at radius 3 is 2.38 bits per heavy atom. The minimum absolute atomic E-state index is 0.0614. The van der Waals surface area contributed by atoms with Crippen LogP contribution in [0, 0.1) is 0 Å². The van der Waals surface area contributed by atoms with Crippen LogP contribution in [0.25, 0.3) is 0 Å². The molecular formula is C10H12O3. The second-order valence-electron chi connectivity index (χ2n) is 2.81. The first-order valence-corrected chi connectivity index (χ1v) is 4.14. The van der Waals surface area contributed by atoms with Crippen molar-refractivity contribution < 1.29 is 15.0 Å². The van der Waals surface area contributed by atoms with Crippen molar-refractivity contribution in [3.63, 3.8) is 0 Å². The van der Waals surface area contributed by atoms with Gasteiger partial charge >= 0.3 is 0 Å². The zero-order valence-corrected chi connectivity index (χ0v) is 7.18. The topological polar surface area (TPSA) is 57.5 Å². The number of hydrogen-bond acceptors (Lipinski definition) is 3. The molecule has 0 bridgehead atoms. The van der Waals surface area contributed by atoms with Crippen LogP contribution in [0.4, 0.5) is 0 Å². The van der Waals surface area contributed by atoms with Crippen LogP contribution in [0.2, 0.25) is 0 Å². The Morgan fingerprint density at radius 2 is 1.85 bits per heavy atom. The molecule has 0 aliphatic rings. The predicted molar refractivity (Wildman–Crippen MR) is 48.2 cm³/mol. The van der Waals surface area contributed by atoms with Crippen molar-refractivity contribution >= 4 is 5.78 Å². The number of rotatable bonds is 4. The van der Waals surface area contributed by atoms with Crippen LogP contribution >= 0.6 is 0 Å². The largest absolute Gasteiger partial charge is 0.368 e. The third kappa shape index (κ3) is 3.36. The Hall–Kier alpha value is -1.19. The zero-order chi connectivity index (χ0) is 9.68. The average Bonchev–Trinajstić information content (AvgIpc) is 2.15. The lowest BCUT2D eigenvalue weighted by atomic mass is 10.1. The van der Waals surface area contributed by atoms with Gasteiger partial charge in [0.15, 0.2) is 12.1 Å². The van der Waals surface area contributed by atoms with Gasteiger partial charge in [-0.1, -0.05) is 30.3 Å². The van der Waals surface area contributed by atoms with Crippen molar-refractivity contribution in [2.45, 2.75) is 19.1 Å². The fourth-order valence-electron chi connectivity index (χ4n) is 1.03. The molecule has 0 radical (unpaired) electrons. The van der Waals surface area contributed by atoms with Crippen LogP contribution in [0.15, 0.2) is 30.3 Å². The summed E-state index contributed by atoms with van der Waals surface area (Å²) in [6.45, 7) is 0. The highest BCUT2D eigenvalue weighted by molar-refractivity contribution is 5.95. The lowest BCUT2D eigenvalue weighted by Gasteiger charge is -2.02. The van der Waals surface area contributed by atoms with Crippen LogP contribution < -0.4 is 0 Å². The maximum atomic E-state index is 11.3. The summed E-state index contributed by atoms with van der Waals surface area (Å²) < 4.78 is 0. The van der Waals surface area contributed by atoms with Gasteiger partial charge in [0, 0.05) is 18.4 Å². The number of ketones is 1. The molecule has 3 heteroatoms. The highest BCUT2D eigenvalue weighted by Crippen LogP contribution is 2.05. The van der Waals surface area contributed by atoms with Gasteiger partial charge in [0.1, 0.15) is 0 Å². The Kier molecular flexibility index (Phi) is 3.61. The fourth-order valence-corrected chi connectivity index (χ4v) is 1.03. The van der Waals surface area contributed by atoms with E-state index >= 15 is 0 Å². The van der Waals surface area contributed by atoms with Crippen LogP contribution in [-0.4, -0.2) is 22.3 Å². The van der Waals surface area contributed by atoms with Gasteiger partial charge in [-0.15, -0.1) is 0 Å². The summed E-state index contributed by atoms with van der Waals surface area (Å²) >= 11 is 0. The molecule has 1 rings (SSSR count). The number of hydrogen-bond donors (Lipinski definition) is 2. The molecule has 0 aromatic heterocycles. The molecule has 70 valence electrons. The molecule has 0 heterocycles. The Bertz CT molecular complexity index is 267. The zero-order valence-electron chi connectivity index (χ0n) is 7.18. The van der Waals surface area contributed by atoms with E-state index in [1.807, 2.05) is 6.07 Å². The summed E-state index contributed by atoms with van der Waals surface area (Å²) in [7, 11) is 0. The van der Waals surface area contributed by atoms with Crippen molar-refractivity contribution in [3.05, 3.63) is 35.9 Å². The monoisotopic (exact) mass is 180 g/mol. The van der Waals surface area contributed by atoms with E-state index < -0.39 is 6.29 Å². The van der Waals surface area contributed by atoms with Crippen molar-refractivity contribution in [1.29, 1.82) is 0 Å². The quantitative estimate of drug-likeness (QED) is 0.536. The number of aliphatic hydroxyl groups is 2. The first-order valence-electron chi connectivity index (χ1n) is 4.14. The van der Waals surface area contributed by atoms with Crippen molar-refractivity contribution in [3.8, 4) is 0 Å². The third-order valence-corrected chi connectivity index (χ3v) is 1.73. The van der Waals surface area contributed by atoms with Gasteiger partial charge < -0.3 is 10.2 Å². The summed E-state index contributed by atoms with van der Waals surface area (Å²) in [4.78, 5) is 11.3. The molecule has 1 aromatic rings. The lowest BCUT2D eigenvalue weighted by molar-refractivity contribution is -0.0450. The van der Waals surface area contributed by atoms with Crippen molar-refractivity contribution in [2.75, 3.05) is 0 Å². The Balaban J connectivity index is 2.50. The number of benzene rings is 1. The first kappa shape index (κ1) is 9.89. The van der Waals surface area contributed by atoms with Gasteiger partial charge in [-0.3, -0.25) is 4.79 Å². The highest BCUT2D eigenvalue weighted by atomic mass is 16.5. The van der Waals surface area contributed by atoms with Crippen LogP contribution in [0.1, 0.15) is 23.2 Å². The van der Waals surface area contributed by atoms with Gasteiger partial charge in [0.25, 0.3) is 0 Å². The second-order valence-corrected chi connectivity index (χ2v) is 2.81.